The number of hydrogen-bond acceptors (Lipinski definition) is 3. The van der Waals surface area contributed by atoms with Gasteiger partial charge in [0.2, 0.25) is 0 Å². The number of aliphatic imine (C=N–C) groups is 1. The van der Waals surface area contributed by atoms with Crippen LogP contribution in [0.15, 0.2) is 28.3 Å². The van der Waals surface area contributed by atoms with Crippen LogP contribution < -0.4 is 5.43 Å². The molecule has 21 heavy (non-hydrogen) atoms. The van der Waals surface area contributed by atoms with Gasteiger partial charge in [-0.2, -0.15) is 5.10 Å². The highest BCUT2D eigenvalue weighted by Crippen LogP contribution is 2.23. The Morgan fingerprint density at radius 1 is 1.19 bits per heavy atom. The Labute approximate surface area is 126 Å². The van der Waals surface area contributed by atoms with E-state index >= 15 is 0 Å². The molecule has 0 bridgehead atoms. The topological polar surface area (TPSA) is 36.8 Å². The van der Waals surface area contributed by atoms with E-state index in [0.717, 1.165) is 30.1 Å². The first-order chi connectivity index (χ1) is 10.2. The SMILES string of the molecule is Fc1ccc(F)c(C2=NNC(=NC3CCCCC3)SC2)c1. The molecule has 6 heteroatoms. The first-order valence-electron chi connectivity index (χ1n) is 7.21. The Morgan fingerprint density at radius 2 is 2.00 bits per heavy atom. The monoisotopic (exact) mass is 309 g/mol. The summed E-state index contributed by atoms with van der Waals surface area (Å²) in [6, 6.07) is 3.79. The number of amidine groups is 1. The Morgan fingerprint density at radius 3 is 2.71 bits per heavy atom. The summed E-state index contributed by atoms with van der Waals surface area (Å²) in [7, 11) is 0. The lowest BCUT2D eigenvalue weighted by Crippen LogP contribution is -2.27. The average molecular weight is 309 g/mol. The molecule has 3 nitrogen and oxygen atoms in total. The van der Waals surface area contributed by atoms with Gasteiger partial charge in [-0.1, -0.05) is 31.0 Å². The van der Waals surface area contributed by atoms with E-state index in [1.165, 1.54) is 37.1 Å². The van der Waals surface area contributed by atoms with Crippen molar-refractivity contribution >= 4 is 22.6 Å². The lowest BCUT2D eigenvalue weighted by molar-refractivity contribution is 0.443. The molecule has 112 valence electrons. The number of hydrogen-bond donors (Lipinski definition) is 1. The molecule has 1 N–H and O–H groups in total. The largest absolute Gasteiger partial charge is 0.258 e. The molecule has 1 fully saturated rings. The van der Waals surface area contributed by atoms with Crippen molar-refractivity contribution in [2.75, 3.05) is 5.75 Å². The van der Waals surface area contributed by atoms with Crippen LogP contribution in [0.3, 0.4) is 0 Å². The predicted molar refractivity (Wildman–Crippen MR) is 82.8 cm³/mol. The summed E-state index contributed by atoms with van der Waals surface area (Å²) >= 11 is 1.49. The number of nitrogens with one attached hydrogen (secondary N) is 1. The quantitative estimate of drug-likeness (QED) is 0.904. The van der Waals surface area contributed by atoms with Crippen LogP contribution in [0.4, 0.5) is 8.78 Å². The second kappa shape index (κ2) is 6.56. The summed E-state index contributed by atoms with van der Waals surface area (Å²) in [6.45, 7) is 0. The van der Waals surface area contributed by atoms with E-state index in [0.29, 0.717) is 17.5 Å². The molecular weight excluding hydrogens is 292 g/mol. The highest BCUT2D eigenvalue weighted by atomic mass is 32.2. The molecule has 0 spiro atoms. The molecule has 0 aromatic heterocycles. The zero-order valence-corrected chi connectivity index (χ0v) is 12.4. The fraction of sp³-hybridized carbons (Fsp3) is 0.467. The Hall–Kier alpha value is -1.43. The third-order valence-electron chi connectivity index (χ3n) is 3.75. The van der Waals surface area contributed by atoms with Crippen molar-refractivity contribution in [3.05, 3.63) is 35.4 Å². The molecule has 0 atom stereocenters. The van der Waals surface area contributed by atoms with Crippen molar-refractivity contribution in [2.24, 2.45) is 10.1 Å². The maximum Gasteiger partial charge on any atom is 0.177 e. The van der Waals surface area contributed by atoms with Crippen LogP contribution in [0.5, 0.6) is 0 Å². The van der Waals surface area contributed by atoms with Gasteiger partial charge in [0.1, 0.15) is 11.6 Å². The Balaban J connectivity index is 1.71. The second-order valence-corrected chi connectivity index (χ2v) is 6.27. The molecule has 1 aliphatic carbocycles. The minimum atomic E-state index is -0.458. The highest BCUT2D eigenvalue weighted by molar-refractivity contribution is 8.14. The maximum absolute atomic E-state index is 13.7. The van der Waals surface area contributed by atoms with Gasteiger partial charge in [-0.15, -0.1) is 0 Å². The molecule has 1 saturated carbocycles. The summed E-state index contributed by atoms with van der Waals surface area (Å²) < 4.78 is 26.9. The summed E-state index contributed by atoms with van der Waals surface area (Å²) in [4.78, 5) is 4.66. The Bertz CT molecular complexity index is 580. The molecule has 1 aromatic rings. The van der Waals surface area contributed by atoms with Gasteiger partial charge >= 0.3 is 0 Å². The summed E-state index contributed by atoms with van der Waals surface area (Å²) in [5.74, 6) is -0.412. The summed E-state index contributed by atoms with van der Waals surface area (Å²) in [5, 5.41) is 4.94. The third-order valence-corrected chi connectivity index (χ3v) is 4.63. The standard InChI is InChI=1S/C15H17F2N3S/c16-10-6-7-13(17)12(8-10)14-9-21-15(20-19-14)18-11-4-2-1-3-5-11/h6-8,11H,1-5,9H2,(H,18,20). The lowest BCUT2D eigenvalue weighted by Gasteiger charge is -2.21. The van der Waals surface area contributed by atoms with Gasteiger partial charge in [0.25, 0.3) is 0 Å². The molecule has 3 rings (SSSR count). The summed E-state index contributed by atoms with van der Waals surface area (Å²) in [5.41, 5.74) is 3.60. The van der Waals surface area contributed by atoms with E-state index in [4.69, 9.17) is 0 Å². The van der Waals surface area contributed by atoms with E-state index < -0.39 is 11.6 Å². The van der Waals surface area contributed by atoms with Crippen LogP contribution in [-0.4, -0.2) is 22.7 Å². The molecule has 1 heterocycles. The van der Waals surface area contributed by atoms with Crippen LogP contribution in [0.2, 0.25) is 0 Å². The van der Waals surface area contributed by atoms with Gasteiger partial charge in [-0.05, 0) is 31.0 Å². The van der Waals surface area contributed by atoms with Crippen molar-refractivity contribution in [3.63, 3.8) is 0 Å². The van der Waals surface area contributed by atoms with E-state index in [2.05, 4.69) is 15.5 Å². The molecule has 1 aliphatic heterocycles. The molecule has 0 amide bonds. The van der Waals surface area contributed by atoms with Gasteiger partial charge in [-0.3, -0.25) is 10.4 Å². The molecular formula is C15H17F2N3S. The van der Waals surface area contributed by atoms with Crippen molar-refractivity contribution in [1.82, 2.24) is 5.43 Å². The molecule has 0 radical (unpaired) electrons. The summed E-state index contributed by atoms with van der Waals surface area (Å²) in [6.07, 6.45) is 6.01. The molecule has 2 aliphatic rings. The first kappa shape index (κ1) is 14.5. The number of thioether (sulfide) groups is 1. The third kappa shape index (κ3) is 3.61. The zero-order chi connectivity index (χ0) is 14.7. The van der Waals surface area contributed by atoms with Crippen LogP contribution in [-0.2, 0) is 0 Å². The van der Waals surface area contributed by atoms with Crippen molar-refractivity contribution in [1.29, 1.82) is 0 Å². The van der Waals surface area contributed by atoms with Crippen molar-refractivity contribution in [3.8, 4) is 0 Å². The van der Waals surface area contributed by atoms with Gasteiger partial charge in [0.15, 0.2) is 5.17 Å². The van der Waals surface area contributed by atoms with Gasteiger partial charge in [0.05, 0.1) is 11.8 Å². The smallest absolute Gasteiger partial charge is 0.177 e. The zero-order valence-electron chi connectivity index (χ0n) is 11.6. The van der Waals surface area contributed by atoms with Gasteiger partial charge < -0.3 is 0 Å². The predicted octanol–water partition coefficient (Wildman–Crippen LogP) is 3.69. The first-order valence-corrected chi connectivity index (χ1v) is 8.19. The number of halogens is 2. The number of rotatable bonds is 2. The molecule has 1 aromatic carbocycles. The maximum atomic E-state index is 13.7. The Kier molecular flexibility index (Phi) is 4.53. The fourth-order valence-corrected chi connectivity index (χ4v) is 3.44. The van der Waals surface area contributed by atoms with Crippen LogP contribution in [0.1, 0.15) is 37.7 Å². The average Bonchev–Trinajstić information content (AvgIpc) is 2.52. The van der Waals surface area contributed by atoms with E-state index in [-0.39, 0.29) is 5.56 Å². The van der Waals surface area contributed by atoms with Crippen molar-refractivity contribution in [2.45, 2.75) is 38.1 Å². The minimum Gasteiger partial charge on any atom is -0.258 e. The number of benzene rings is 1. The normalized spacial score (nSPS) is 22.0. The number of nitrogens with zero attached hydrogens (tertiary/aromatic N) is 2. The van der Waals surface area contributed by atoms with Crippen molar-refractivity contribution < 1.29 is 8.78 Å². The molecule has 0 unspecified atom stereocenters. The van der Waals surface area contributed by atoms with Crippen LogP contribution in [0, 0.1) is 11.6 Å². The van der Waals surface area contributed by atoms with Crippen LogP contribution >= 0.6 is 11.8 Å². The second-order valence-electron chi connectivity index (χ2n) is 5.31. The minimum absolute atomic E-state index is 0.215. The molecule has 0 saturated heterocycles. The number of hydrazone groups is 1. The highest BCUT2D eigenvalue weighted by Gasteiger charge is 2.19. The van der Waals surface area contributed by atoms with Gasteiger partial charge in [0, 0.05) is 11.3 Å². The fourth-order valence-electron chi connectivity index (χ4n) is 2.62. The van der Waals surface area contributed by atoms with Gasteiger partial charge in [-0.25, -0.2) is 8.78 Å². The lowest BCUT2D eigenvalue weighted by atomic mass is 9.96. The van der Waals surface area contributed by atoms with E-state index in [9.17, 15) is 8.78 Å². The van der Waals surface area contributed by atoms with E-state index in [1.807, 2.05) is 0 Å². The van der Waals surface area contributed by atoms with E-state index in [1.54, 1.807) is 0 Å². The van der Waals surface area contributed by atoms with Crippen LogP contribution in [0.25, 0.3) is 0 Å².